The first-order valence-electron chi connectivity index (χ1n) is 5.03. The van der Waals surface area contributed by atoms with Gasteiger partial charge in [0, 0.05) is 18.4 Å². The van der Waals surface area contributed by atoms with E-state index in [4.69, 9.17) is 69.6 Å². The SMILES string of the molecule is O=C(N1CC(CBr)C(CC(Cl)(Cl)Cl)C1)C(Cl)(Cl)Cl. The Hall–Kier alpha value is 1.69. The van der Waals surface area contributed by atoms with Gasteiger partial charge in [0.2, 0.25) is 0 Å². The van der Waals surface area contributed by atoms with Gasteiger partial charge in [0.1, 0.15) is 0 Å². The van der Waals surface area contributed by atoms with Crippen molar-refractivity contribution in [3.05, 3.63) is 0 Å². The van der Waals surface area contributed by atoms with Gasteiger partial charge < -0.3 is 4.90 Å². The summed E-state index contributed by atoms with van der Waals surface area (Å²) < 4.78 is -3.28. The third kappa shape index (κ3) is 5.23. The van der Waals surface area contributed by atoms with Crippen molar-refractivity contribution >= 4 is 91.4 Å². The number of carbonyl (C=O) groups excluding carboxylic acids is 1. The van der Waals surface area contributed by atoms with Gasteiger partial charge in [-0.1, -0.05) is 85.5 Å². The molecule has 18 heavy (non-hydrogen) atoms. The highest BCUT2D eigenvalue weighted by atomic mass is 79.9. The average molecular weight is 441 g/mol. The summed E-state index contributed by atoms with van der Waals surface area (Å²) in [4.78, 5) is 13.4. The summed E-state index contributed by atoms with van der Waals surface area (Å²) in [7, 11) is 0. The minimum atomic E-state index is -1.94. The molecule has 0 aromatic rings. The van der Waals surface area contributed by atoms with E-state index in [1.807, 2.05) is 0 Å². The molecule has 2 nitrogen and oxygen atoms in total. The summed E-state index contributed by atoms with van der Waals surface area (Å²) in [6.45, 7) is 0.917. The molecule has 0 bridgehead atoms. The molecule has 1 fully saturated rings. The monoisotopic (exact) mass is 437 g/mol. The van der Waals surface area contributed by atoms with E-state index in [2.05, 4.69) is 15.9 Å². The molecule has 1 amide bonds. The molecule has 0 radical (unpaired) electrons. The van der Waals surface area contributed by atoms with Crippen molar-refractivity contribution in [1.29, 1.82) is 0 Å². The molecule has 106 valence electrons. The molecule has 0 aliphatic carbocycles. The highest BCUT2D eigenvalue weighted by molar-refractivity contribution is 9.09. The molecule has 2 atom stereocenters. The maximum atomic E-state index is 11.9. The Morgan fingerprint density at radius 2 is 1.61 bits per heavy atom. The van der Waals surface area contributed by atoms with Crippen molar-refractivity contribution in [1.82, 2.24) is 4.90 Å². The molecule has 1 rings (SSSR count). The molecule has 0 spiro atoms. The fourth-order valence-corrected chi connectivity index (χ4v) is 3.67. The maximum absolute atomic E-state index is 11.9. The molecule has 1 aliphatic heterocycles. The third-order valence-electron chi connectivity index (χ3n) is 2.80. The predicted octanol–water partition coefficient (Wildman–Crippen LogP) is 4.59. The molecule has 0 aromatic heterocycles. The van der Waals surface area contributed by atoms with Crippen LogP contribution in [0, 0.1) is 11.8 Å². The van der Waals surface area contributed by atoms with Crippen LogP contribution in [-0.2, 0) is 4.79 Å². The van der Waals surface area contributed by atoms with E-state index >= 15 is 0 Å². The van der Waals surface area contributed by atoms with Crippen LogP contribution < -0.4 is 0 Å². The summed E-state index contributed by atoms with van der Waals surface area (Å²) in [6, 6.07) is 0. The van der Waals surface area contributed by atoms with Crippen LogP contribution in [0.15, 0.2) is 0 Å². The van der Waals surface area contributed by atoms with E-state index in [0.29, 0.717) is 24.8 Å². The summed E-state index contributed by atoms with van der Waals surface area (Å²) in [5.74, 6) is -0.296. The normalized spacial score (nSPS) is 25.6. The summed E-state index contributed by atoms with van der Waals surface area (Å²) in [5, 5.41) is 0.696. The Kier molecular flexibility index (Phi) is 6.54. The Balaban J connectivity index is 2.72. The highest BCUT2D eigenvalue weighted by Crippen LogP contribution is 2.40. The largest absolute Gasteiger partial charge is 0.338 e. The predicted molar refractivity (Wildman–Crippen MR) is 82.6 cm³/mol. The molecular weight excluding hydrogens is 431 g/mol. The number of alkyl halides is 7. The van der Waals surface area contributed by atoms with Gasteiger partial charge in [0.15, 0.2) is 3.79 Å². The summed E-state index contributed by atoms with van der Waals surface area (Å²) in [5.41, 5.74) is 0. The second-order valence-electron chi connectivity index (χ2n) is 4.20. The number of amides is 1. The second-order valence-corrected chi connectivity index (χ2v) is 9.65. The van der Waals surface area contributed by atoms with Gasteiger partial charge in [-0.15, -0.1) is 0 Å². The van der Waals surface area contributed by atoms with Crippen LogP contribution >= 0.6 is 85.5 Å². The van der Waals surface area contributed by atoms with Crippen LogP contribution in [0.5, 0.6) is 0 Å². The van der Waals surface area contributed by atoms with Crippen molar-refractivity contribution in [2.24, 2.45) is 11.8 Å². The van der Waals surface area contributed by atoms with Crippen LogP contribution in [-0.4, -0.2) is 36.8 Å². The standard InChI is InChI=1S/C9H10BrCl6NO/c10-2-6-4-17(7(18)9(14,15)16)3-5(6)1-8(11,12)13/h5-6H,1-4H2. The van der Waals surface area contributed by atoms with E-state index in [0.717, 1.165) is 0 Å². The van der Waals surface area contributed by atoms with E-state index in [1.54, 1.807) is 0 Å². The zero-order valence-electron chi connectivity index (χ0n) is 8.98. The lowest BCUT2D eigenvalue weighted by molar-refractivity contribution is -0.129. The molecule has 1 heterocycles. The Morgan fingerprint density at radius 1 is 1.11 bits per heavy atom. The lowest BCUT2D eigenvalue weighted by atomic mass is 9.95. The van der Waals surface area contributed by atoms with Crippen LogP contribution in [0.1, 0.15) is 6.42 Å². The van der Waals surface area contributed by atoms with Crippen LogP contribution in [0.2, 0.25) is 0 Å². The molecule has 0 aromatic carbocycles. The molecule has 1 aliphatic rings. The lowest BCUT2D eigenvalue weighted by Crippen LogP contribution is -2.38. The molecule has 1 saturated heterocycles. The molecule has 2 unspecified atom stereocenters. The minimum absolute atomic E-state index is 0.0631. The van der Waals surface area contributed by atoms with Crippen LogP contribution in [0.4, 0.5) is 0 Å². The molecular formula is C9H10BrCl6NO. The first-order valence-corrected chi connectivity index (χ1v) is 8.42. The summed E-state index contributed by atoms with van der Waals surface area (Å²) in [6.07, 6.45) is 0.359. The van der Waals surface area contributed by atoms with Crippen molar-refractivity contribution in [2.45, 2.75) is 14.0 Å². The Bertz CT molecular complexity index is 315. The van der Waals surface area contributed by atoms with Crippen molar-refractivity contribution in [2.75, 3.05) is 18.4 Å². The second kappa shape index (κ2) is 6.64. The molecule has 9 heteroatoms. The van der Waals surface area contributed by atoms with Gasteiger partial charge in [-0.05, 0) is 18.3 Å². The fraction of sp³-hybridized carbons (Fsp3) is 0.889. The number of rotatable bonds is 2. The number of carbonyl (C=O) groups is 1. The highest BCUT2D eigenvalue weighted by Gasteiger charge is 2.43. The summed E-state index contributed by atoms with van der Waals surface area (Å²) >= 11 is 37.5. The van der Waals surface area contributed by atoms with Crippen molar-refractivity contribution in [3.8, 4) is 0 Å². The van der Waals surface area contributed by atoms with Gasteiger partial charge in [-0.2, -0.15) is 0 Å². The number of hydrogen-bond donors (Lipinski definition) is 0. The van der Waals surface area contributed by atoms with E-state index in [9.17, 15) is 4.79 Å². The van der Waals surface area contributed by atoms with Gasteiger partial charge >= 0.3 is 0 Å². The van der Waals surface area contributed by atoms with E-state index in [1.165, 1.54) is 4.90 Å². The molecule has 0 saturated carbocycles. The zero-order valence-corrected chi connectivity index (χ0v) is 15.1. The average Bonchev–Trinajstić information content (AvgIpc) is 2.55. The minimum Gasteiger partial charge on any atom is -0.338 e. The number of hydrogen-bond acceptors (Lipinski definition) is 1. The molecule has 0 N–H and O–H groups in total. The van der Waals surface area contributed by atoms with Crippen molar-refractivity contribution in [3.63, 3.8) is 0 Å². The van der Waals surface area contributed by atoms with Crippen molar-refractivity contribution < 1.29 is 4.79 Å². The van der Waals surface area contributed by atoms with Gasteiger partial charge in [0.05, 0.1) is 0 Å². The first kappa shape index (κ1) is 17.7. The Morgan fingerprint density at radius 3 is 2.00 bits per heavy atom. The van der Waals surface area contributed by atoms with Crippen LogP contribution in [0.3, 0.4) is 0 Å². The van der Waals surface area contributed by atoms with E-state index < -0.39 is 13.5 Å². The van der Waals surface area contributed by atoms with Gasteiger partial charge in [-0.25, -0.2) is 0 Å². The van der Waals surface area contributed by atoms with E-state index in [-0.39, 0.29) is 11.8 Å². The number of nitrogens with zero attached hydrogens (tertiary/aromatic N) is 1. The maximum Gasteiger partial charge on any atom is 0.274 e. The smallest absolute Gasteiger partial charge is 0.274 e. The van der Waals surface area contributed by atoms with Gasteiger partial charge in [0.25, 0.3) is 9.70 Å². The topological polar surface area (TPSA) is 20.3 Å². The zero-order chi connectivity index (χ0) is 14.1. The number of likely N-dealkylation sites (tertiary alicyclic amines) is 1. The van der Waals surface area contributed by atoms with Gasteiger partial charge in [-0.3, -0.25) is 4.79 Å². The number of halogens is 7. The first-order chi connectivity index (χ1) is 8.04. The third-order valence-corrected chi connectivity index (χ3v) is 4.58. The quantitative estimate of drug-likeness (QED) is 0.575. The fourth-order valence-electron chi connectivity index (χ4n) is 1.99. The lowest BCUT2D eigenvalue weighted by Gasteiger charge is -2.21. The van der Waals surface area contributed by atoms with Crippen LogP contribution in [0.25, 0.3) is 0 Å². The Labute approximate surface area is 144 Å².